The smallest absolute Gasteiger partial charge is 0.00954 e. The second-order valence-electron chi connectivity index (χ2n) is 7.02. The van der Waals surface area contributed by atoms with E-state index in [0.717, 1.165) is 24.4 Å². The molecule has 0 aliphatic heterocycles. The molecule has 0 saturated heterocycles. The molecule has 1 unspecified atom stereocenters. The van der Waals surface area contributed by atoms with Crippen LogP contribution in [0.1, 0.15) is 59.8 Å². The maximum absolute atomic E-state index is 5.97. The largest absolute Gasteiger partial charge is 0.330 e. The first-order valence-corrected chi connectivity index (χ1v) is 7.97. The van der Waals surface area contributed by atoms with E-state index in [1.54, 1.807) is 0 Å². The van der Waals surface area contributed by atoms with Gasteiger partial charge in [-0.25, -0.2) is 0 Å². The Bertz CT molecular complexity index is 207. The standard InChI is InChI=1S/C16H34N2/c1-13(2)9-15(10-17)12-18(11-14(3)4)16-7-5-6-8-16/h13-16H,5-12,17H2,1-4H3. The second kappa shape index (κ2) is 8.16. The topological polar surface area (TPSA) is 29.3 Å². The molecule has 0 radical (unpaired) electrons. The van der Waals surface area contributed by atoms with Crippen LogP contribution >= 0.6 is 0 Å². The molecule has 1 saturated carbocycles. The summed E-state index contributed by atoms with van der Waals surface area (Å²) in [6.07, 6.45) is 6.95. The molecule has 0 amide bonds. The highest BCUT2D eigenvalue weighted by Crippen LogP contribution is 2.26. The lowest BCUT2D eigenvalue weighted by atomic mass is 9.95. The minimum absolute atomic E-state index is 0.685. The van der Waals surface area contributed by atoms with Gasteiger partial charge >= 0.3 is 0 Å². The van der Waals surface area contributed by atoms with Gasteiger partial charge in [-0.15, -0.1) is 0 Å². The van der Waals surface area contributed by atoms with Crippen LogP contribution in [0.25, 0.3) is 0 Å². The van der Waals surface area contributed by atoms with Gasteiger partial charge in [-0.1, -0.05) is 40.5 Å². The summed E-state index contributed by atoms with van der Waals surface area (Å²) in [5, 5.41) is 0. The van der Waals surface area contributed by atoms with Crippen molar-refractivity contribution in [2.75, 3.05) is 19.6 Å². The van der Waals surface area contributed by atoms with Gasteiger partial charge in [0.05, 0.1) is 0 Å². The summed E-state index contributed by atoms with van der Waals surface area (Å²) < 4.78 is 0. The molecule has 0 aromatic rings. The normalized spacial score (nSPS) is 19.3. The lowest BCUT2D eigenvalue weighted by Gasteiger charge is -2.34. The van der Waals surface area contributed by atoms with Crippen molar-refractivity contribution >= 4 is 0 Å². The van der Waals surface area contributed by atoms with Crippen LogP contribution in [0.2, 0.25) is 0 Å². The molecule has 1 atom stereocenters. The van der Waals surface area contributed by atoms with Crippen molar-refractivity contribution in [1.82, 2.24) is 4.90 Å². The van der Waals surface area contributed by atoms with E-state index in [1.807, 2.05) is 0 Å². The van der Waals surface area contributed by atoms with Gasteiger partial charge in [-0.3, -0.25) is 4.90 Å². The fourth-order valence-corrected chi connectivity index (χ4v) is 3.35. The zero-order valence-electron chi connectivity index (χ0n) is 13.0. The monoisotopic (exact) mass is 254 g/mol. The molecule has 108 valence electrons. The van der Waals surface area contributed by atoms with Crippen LogP contribution < -0.4 is 5.73 Å². The maximum atomic E-state index is 5.97. The molecular weight excluding hydrogens is 220 g/mol. The van der Waals surface area contributed by atoms with Crippen molar-refractivity contribution in [1.29, 1.82) is 0 Å². The lowest BCUT2D eigenvalue weighted by Crippen LogP contribution is -2.41. The highest BCUT2D eigenvalue weighted by atomic mass is 15.2. The number of rotatable bonds is 8. The summed E-state index contributed by atoms with van der Waals surface area (Å²) in [5.41, 5.74) is 5.97. The van der Waals surface area contributed by atoms with Crippen molar-refractivity contribution < 1.29 is 0 Å². The van der Waals surface area contributed by atoms with Crippen LogP contribution in [0.15, 0.2) is 0 Å². The maximum Gasteiger partial charge on any atom is 0.00954 e. The molecule has 0 heterocycles. The van der Waals surface area contributed by atoms with E-state index < -0.39 is 0 Å². The highest BCUT2D eigenvalue weighted by Gasteiger charge is 2.25. The van der Waals surface area contributed by atoms with Crippen LogP contribution in [-0.2, 0) is 0 Å². The Morgan fingerprint density at radius 1 is 1.00 bits per heavy atom. The zero-order chi connectivity index (χ0) is 13.5. The third-order valence-corrected chi connectivity index (χ3v) is 4.07. The van der Waals surface area contributed by atoms with Gasteiger partial charge in [0.25, 0.3) is 0 Å². The number of hydrogen-bond donors (Lipinski definition) is 1. The van der Waals surface area contributed by atoms with E-state index in [1.165, 1.54) is 45.2 Å². The fourth-order valence-electron chi connectivity index (χ4n) is 3.35. The Balaban J connectivity index is 2.52. The molecular formula is C16H34N2. The third kappa shape index (κ3) is 5.71. The Morgan fingerprint density at radius 3 is 2.06 bits per heavy atom. The predicted octanol–water partition coefficient (Wildman–Crippen LogP) is 3.51. The van der Waals surface area contributed by atoms with Crippen molar-refractivity contribution in [2.24, 2.45) is 23.5 Å². The van der Waals surface area contributed by atoms with Gasteiger partial charge in [0.15, 0.2) is 0 Å². The molecule has 2 N–H and O–H groups in total. The minimum Gasteiger partial charge on any atom is -0.330 e. The molecule has 18 heavy (non-hydrogen) atoms. The number of nitrogens with zero attached hydrogens (tertiary/aromatic N) is 1. The molecule has 1 aliphatic rings. The second-order valence-corrected chi connectivity index (χ2v) is 7.02. The van der Waals surface area contributed by atoms with Crippen molar-refractivity contribution in [3.63, 3.8) is 0 Å². The van der Waals surface area contributed by atoms with Crippen LogP contribution in [0.5, 0.6) is 0 Å². The lowest BCUT2D eigenvalue weighted by molar-refractivity contribution is 0.144. The number of hydrogen-bond acceptors (Lipinski definition) is 2. The summed E-state index contributed by atoms with van der Waals surface area (Å²) in [4.78, 5) is 2.75. The molecule has 1 fully saturated rings. The van der Waals surface area contributed by atoms with Gasteiger partial charge in [-0.05, 0) is 43.6 Å². The van der Waals surface area contributed by atoms with Gasteiger partial charge < -0.3 is 5.73 Å². The first-order valence-electron chi connectivity index (χ1n) is 7.97. The Labute approximate surface area is 114 Å². The summed E-state index contributed by atoms with van der Waals surface area (Å²) in [6.45, 7) is 12.6. The minimum atomic E-state index is 0.685. The molecule has 1 rings (SSSR count). The molecule has 1 aliphatic carbocycles. The average Bonchev–Trinajstić information content (AvgIpc) is 2.79. The summed E-state index contributed by atoms with van der Waals surface area (Å²) in [5.74, 6) is 2.22. The van der Waals surface area contributed by atoms with E-state index in [9.17, 15) is 0 Å². The van der Waals surface area contributed by atoms with E-state index in [2.05, 4.69) is 32.6 Å². The first kappa shape index (κ1) is 16.0. The Hall–Kier alpha value is -0.0800. The average molecular weight is 254 g/mol. The first-order chi connectivity index (χ1) is 8.52. The Morgan fingerprint density at radius 2 is 1.61 bits per heavy atom. The Kier molecular flexibility index (Phi) is 7.25. The van der Waals surface area contributed by atoms with E-state index in [-0.39, 0.29) is 0 Å². The van der Waals surface area contributed by atoms with Crippen LogP contribution in [0, 0.1) is 17.8 Å². The van der Waals surface area contributed by atoms with Crippen molar-refractivity contribution in [3.05, 3.63) is 0 Å². The predicted molar refractivity (Wildman–Crippen MR) is 80.7 cm³/mol. The van der Waals surface area contributed by atoms with E-state index in [0.29, 0.717) is 5.92 Å². The summed E-state index contributed by atoms with van der Waals surface area (Å²) in [6, 6.07) is 0.841. The highest BCUT2D eigenvalue weighted by molar-refractivity contribution is 4.80. The fraction of sp³-hybridized carbons (Fsp3) is 1.00. The quantitative estimate of drug-likeness (QED) is 0.718. The van der Waals surface area contributed by atoms with Crippen LogP contribution in [0.3, 0.4) is 0 Å². The summed E-state index contributed by atoms with van der Waals surface area (Å²) >= 11 is 0. The molecule has 0 aromatic heterocycles. The third-order valence-electron chi connectivity index (χ3n) is 4.07. The molecule has 0 bridgehead atoms. The molecule has 2 nitrogen and oxygen atoms in total. The van der Waals surface area contributed by atoms with Gasteiger partial charge in [0.1, 0.15) is 0 Å². The number of nitrogens with two attached hydrogens (primary N) is 1. The zero-order valence-corrected chi connectivity index (χ0v) is 13.0. The van der Waals surface area contributed by atoms with E-state index in [4.69, 9.17) is 5.73 Å². The van der Waals surface area contributed by atoms with Gasteiger partial charge in [-0.2, -0.15) is 0 Å². The molecule has 0 spiro atoms. The van der Waals surface area contributed by atoms with E-state index >= 15 is 0 Å². The van der Waals surface area contributed by atoms with Gasteiger partial charge in [0.2, 0.25) is 0 Å². The summed E-state index contributed by atoms with van der Waals surface area (Å²) in [7, 11) is 0. The van der Waals surface area contributed by atoms with Crippen molar-refractivity contribution in [2.45, 2.75) is 65.8 Å². The SMILES string of the molecule is CC(C)CC(CN)CN(CC(C)C)C1CCCC1. The van der Waals surface area contributed by atoms with Crippen LogP contribution in [-0.4, -0.2) is 30.6 Å². The van der Waals surface area contributed by atoms with Gasteiger partial charge in [0, 0.05) is 19.1 Å². The van der Waals surface area contributed by atoms with Crippen molar-refractivity contribution in [3.8, 4) is 0 Å². The molecule has 2 heteroatoms. The molecule has 0 aromatic carbocycles. The van der Waals surface area contributed by atoms with Crippen LogP contribution in [0.4, 0.5) is 0 Å².